The normalized spacial score (nSPS) is 13.7. The Hall–Kier alpha value is -0.870. The van der Waals surface area contributed by atoms with Gasteiger partial charge in [-0.05, 0) is 0 Å². The molecule has 2 unspecified atom stereocenters. The first kappa shape index (κ1) is 17.5. The van der Waals surface area contributed by atoms with Gasteiger partial charge in [0.1, 0.15) is 5.78 Å². The molecular weight excluding hydrogens is 366 g/mol. The molecule has 0 saturated carbocycles. The lowest BCUT2D eigenvalue weighted by molar-refractivity contribution is -0.121. The number of hydrogen-bond donors (Lipinski definition) is 0. The van der Waals surface area contributed by atoms with Gasteiger partial charge in [-0.1, -0.05) is 60.3 Å². The second kappa shape index (κ2) is 7.14. The molecule has 0 aliphatic heterocycles. The van der Waals surface area contributed by atoms with Crippen molar-refractivity contribution in [3.63, 3.8) is 0 Å². The molecule has 7 heteroatoms. The van der Waals surface area contributed by atoms with Gasteiger partial charge in [-0.3, -0.25) is 14.8 Å². The molecule has 0 amide bonds. The molecule has 0 N–H and O–H groups in total. The zero-order chi connectivity index (χ0) is 16.4. The molecule has 0 bridgehead atoms. The van der Waals surface area contributed by atoms with E-state index in [-0.39, 0.29) is 5.78 Å². The van der Waals surface area contributed by atoms with Gasteiger partial charge < -0.3 is 0 Å². The summed E-state index contributed by atoms with van der Waals surface area (Å²) in [4.78, 5) is 20.6. The minimum Gasteiger partial charge on any atom is -0.298 e. The molecule has 0 aliphatic carbocycles. The van der Waals surface area contributed by atoms with Gasteiger partial charge in [-0.15, -0.1) is 0 Å². The fourth-order valence-electron chi connectivity index (χ4n) is 2.33. The lowest BCUT2D eigenvalue weighted by Crippen LogP contribution is -2.18. The predicted molar refractivity (Wildman–Crippen MR) is 90.4 cm³/mol. The smallest absolute Gasteiger partial charge is 0.147 e. The number of nitrogens with zero attached hydrogens (tertiary/aromatic N) is 2. The summed E-state index contributed by atoms with van der Waals surface area (Å²) in [7, 11) is 0. The van der Waals surface area contributed by atoms with Crippen LogP contribution >= 0.6 is 46.4 Å². The molecule has 2 heterocycles. The third-order valence-electron chi connectivity index (χ3n) is 3.50. The second-order valence-electron chi connectivity index (χ2n) is 4.88. The van der Waals surface area contributed by atoms with Crippen molar-refractivity contribution in [2.24, 2.45) is 0 Å². The Kier molecular flexibility index (Phi) is 5.67. The van der Waals surface area contributed by atoms with Crippen LogP contribution in [0.1, 0.15) is 36.8 Å². The maximum atomic E-state index is 12.8. The Balaban J connectivity index is 2.39. The lowest BCUT2D eigenvalue weighted by atomic mass is 9.86. The SMILES string of the molecule is CC(C(=O)C(C)c1c(Cl)cncc1Cl)c1c(Cl)cncc1Cl. The molecule has 0 saturated heterocycles. The molecule has 22 heavy (non-hydrogen) atoms. The van der Waals surface area contributed by atoms with E-state index in [0.717, 1.165) is 0 Å². The molecule has 0 radical (unpaired) electrons. The van der Waals surface area contributed by atoms with Crippen molar-refractivity contribution in [1.82, 2.24) is 9.97 Å². The van der Waals surface area contributed by atoms with E-state index in [1.165, 1.54) is 24.8 Å². The molecule has 116 valence electrons. The summed E-state index contributed by atoms with van der Waals surface area (Å²) >= 11 is 24.5. The summed E-state index contributed by atoms with van der Waals surface area (Å²) in [5.41, 5.74) is 1.10. The molecule has 0 fully saturated rings. The fraction of sp³-hybridized carbons (Fsp3) is 0.267. The number of hydrogen-bond acceptors (Lipinski definition) is 3. The summed E-state index contributed by atoms with van der Waals surface area (Å²) < 4.78 is 0. The van der Waals surface area contributed by atoms with Gasteiger partial charge in [-0.2, -0.15) is 0 Å². The van der Waals surface area contributed by atoms with Crippen LogP contribution in [0.4, 0.5) is 0 Å². The summed E-state index contributed by atoms with van der Waals surface area (Å²) in [6.45, 7) is 3.49. The highest BCUT2D eigenvalue weighted by molar-refractivity contribution is 6.37. The maximum absolute atomic E-state index is 12.8. The topological polar surface area (TPSA) is 42.9 Å². The first-order chi connectivity index (χ1) is 10.3. The Bertz CT molecular complexity index is 621. The average Bonchev–Trinajstić information content (AvgIpc) is 2.45. The van der Waals surface area contributed by atoms with Gasteiger partial charge in [0.25, 0.3) is 0 Å². The first-order valence-corrected chi connectivity index (χ1v) is 7.97. The van der Waals surface area contributed by atoms with Crippen molar-refractivity contribution in [1.29, 1.82) is 0 Å². The van der Waals surface area contributed by atoms with Gasteiger partial charge >= 0.3 is 0 Å². The van der Waals surface area contributed by atoms with Crippen LogP contribution in [0.2, 0.25) is 20.1 Å². The fourth-order valence-corrected chi connectivity index (χ4v) is 3.71. The van der Waals surface area contributed by atoms with E-state index in [2.05, 4.69) is 9.97 Å². The van der Waals surface area contributed by atoms with Crippen molar-refractivity contribution >= 4 is 52.2 Å². The third-order valence-corrected chi connectivity index (χ3v) is 4.71. The number of carbonyl (C=O) groups is 1. The molecule has 2 aromatic rings. The standard InChI is InChI=1S/C15H12Cl4N2O/c1-7(13-9(16)3-20-4-10(13)17)15(22)8(2)14-11(18)5-21-6-12(14)19/h3-8H,1-2H3. The van der Waals surface area contributed by atoms with Gasteiger partial charge in [0.05, 0.1) is 20.1 Å². The molecule has 2 aromatic heterocycles. The van der Waals surface area contributed by atoms with E-state index in [4.69, 9.17) is 46.4 Å². The van der Waals surface area contributed by atoms with Gasteiger partial charge in [-0.25, -0.2) is 0 Å². The largest absolute Gasteiger partial charge is 0.298 e. The zero-order valence-electron chi connectivity index (χ0n) is 11.8. The number of carbonyl (C=O) groups excluding carboxylic acids is 1. The maximum Gasteiger partial charge on any atom is 0.147 e. The number of halogens is 4. The van der Waals surface area contributed by atoms with Crippen LogP contribution in [0.3, 0.4) is 0 Å². The summed E-state index contributed by atoms with van der Waals surface area (Å²) in [5, 5.41) is 1.42. The highest BCUT2D eigenvalue weighted by Gasteiger charge is 2.28. The van der Waals surface area contributed by atoms with E-state index in [1.807, 2.05) is 0 Å². The number of Topliss-reactive ketones (excluding diaryl/α,β-unsaturated/α-hetero) is 1. The van der Waals surface area contributed by atoms with E-state index in [0.29, 0.717) is 31.2 Å². The van der Waals surface area contributed by atoms with Crippen LogP contribution in [0, 0.1) is 0 Å². The Morgan fingerprint density at radius 3 is 1.32 bits per heavy atom. The minimum absolute atomic E-state index is 0.0926. The van der Waals surface area contributed by atoms with Gasteiger partial charge in [0, 0.05) is 47.8 Å². The second-order valence-corrected chi connectivity index (χ2v) is 6.51. The van der Waals surface area contributed by atoms with Crippen molar-refractivity contribution in [3.8, 4) is 0 Å². The quantitative estimate of drug-likeness (QED) is 0.699. The van der Waals surface area contributed by atoms with Gasteiger partial charge in [0.15, 0.2) is 0 Å². The zero-order valence-corrected chi connectivity index (χ0v) is 14.8. The van der Waals surface area contributed by atoms with Crippen LogP contribution in [0.5, 0.6) is 0 Å². The highest BCUT2D eigenvalue weighted by atomic mass is 35.5. The number of ketones is 1. The molecule has 0 aromatic carbocycles. The Morgan fingerprint density at radius 2 is 1.05 bits per heavy atom. The highest BCUT2D eigenvalue weighted by Crippen LogP contribution is 2.37. The van der Waals surface area contributed by atoms with E-state index in [9.17, 15) is 4.79 Å². The van der Waals surface area contributed by atoms with E-state index >= 15 is 0 Å². The van der Waals surface area contributed by atoms with E-state index in [1.54, 1.807) is 13.8 Å². The summed E-state index contributed by atoms with van der Waals surface area (Å²) in [6, 6.07) is 0. The molecule has 2 atom stereocenters. The minimum atomic E-state index is -0.515. The van der Waals surface area contributed by atoms with Crippen LogP contribution in [0.15, 0.2) is 24.8 Å². The molecule has 3 nitrogen and oxygen atoms in total. The molecule has 0 spiro atoms. The van der Waals surface area contributed by atoms with Crippen LogP contribution in [0.25, 0.3) is 0 Å². The molecule has 2 rings (SSSR count). The number of pyridine rings is 2. The Labute approximate surface area is 148 Å². The molecular formula is C15H12Cl4N2O. The van der Waals surface area contributed by atoms with Gasteiger partial charge in [0.2, 0.25) is 0 Å². The summed E-state index contributed by atoms with van der Waals surface area (Å²) in [6.07, 6.45) is 5.85. The Morgan fingerprint density at radius 1 is 0.773 bits per heavy atom. The predicted octanol–water partition coefficient (Wildman–Crippen LogP) is 5.57. The van der Waals surface area contributed by atoms with Crippen LogP contribution in [-0.2, 0) is 4.79 Å². The van der Waals surface area contributed by atoms with E-state index < -0.39 is 11.8 Å². The van der Waals surface area contributed by atoms with Crippen molar-refractivity contribution in [2.75, 3.05) is 0 Å². The average molecular weight is 378 g/mol. The number of aromatic nitrogens is 2. The lowest BCUT2D eigenvalue weighted by Gasteiger charge is -2.20. The van der Waals surface area contributed by atoms with Crippen molar-refractivity contribution in [3.05, 3.63) is 56.0 Å². The van der Waals surface area contributed by atoms with Crippen LogP contribution in [-0.4, -0.2) is 15.8 Å². The van der Waals surface area contributed by atoms with Crippen molar-refractivity contribution < 1.29 is 4.79 Å². The molecule has 0 aliphatic rings. The third kappa shape index (κ3) is 3.38. The van der Waals surface area contributed by atoms with Crippen LogP contribution < -0.4 is 0 Å². The monoisotopic (exact) mass is 376 g/mol. The summed E-state index contributed by atoms with van der Waals surface area (Å²) in [5.74, 6) is -1.12. The van der Waals surface area contributed by atoms with Crippen molar-refractivity contribution in [2.45, 2.75) is 25.7 Å². The first-order valence-electron chi connectivity index (χ1n) is 6.46. The number of rotatable bonds is 4.